The lowest BCUT2D eigenvalue weighted by Gasteiger charge is -2.13. The second-order valence-corrected chi connectivity index (χ2v) is 6.27. The Bertz CT molecular complexity index is 527. The summed E-state index contributed by atoms with van der Waals surface area (Å²) in [5, 5.41) is 6.65. The Morgan fingerprint density at radius 3 is 2.83 bits per heavy atom. The van der Waals surface area contributed by atoms with Crippen molar-refractivity contribution in [2.24, 2.45) is 10.9 Å². The summed E-state index contributed by atoms with van der Waals surface area (Å²) < 4.78 is 11.1. The maximum atomic E-state index is 5.62. The van der Waals surface area contributed by atoms with Gasteiger partial charge in [-0.3, -0.25) is 4.99 Å². The molecule has 1 aliphatic rings. The molecule has 134 valence electrons. The van der Waals surface area contributed by atoms with Gasteiger partial charge in [0.05, 0.1) is 20.3 Å². The minimum atomic E-state index is 0.690. The van der Waals surface area contributed by atoms with Crippen LogP contribution in [-0.2, 0) is 11.2 Å². The molecule has 1 aliphatic carbocycles. The van der Waals surface area contributed by atoms with E-state index in [2.05, 4.69) is 41.6 Å². The third-order valence-corrected chi connectivity index (χ3v) is 4.02. The van der Waals surface area contributed by atoms with Gasteiger partial charge in [0.15, 0.2) is 5.96 Å². The quantitative estimate of drug-likeness (QED) is 0.392. The van der Waals surface area contributed by atoms with E-state index >= 15 is 0 Å². The summed E-state index contributed by atoms with van der Waals surface area (Å²) in [6, 6.07) is 6.28. The topological polar surface area (TPSA) is 54.9 Å². The summed E-state index contributed by atoms with van der Waals surface area (Å²) in [6.07, 6.45) is 3.55. The van der Waals surface area contributed by atoms with E-state index < -0.39 is 0 Å². The zero-order valence-electron chi connectivity index (χ0n) is 15.2. The minimum Gasteiger partial charge on any atom is -0.496 e. The highest BCUT2D eigenvalue weighted by Crippen LogP contribution is 2.28. The van der Waals surface area contributed by atoms with Crippen LogP contribution in [0.1, 0.15) is 30.9 Å². The molecular formula is C19H31N3O2. The van der Waals surface area contributed by atoms with Gasteiger partial charge in [-0.2, -0.15) is 0 Å². The maximum Gasteiger partial charge on any atom is 0.191 e. The molecule has 5 heteroatoms. The second kappa shape index (κ2) is 10.2. The van der Waals surface area contributed by atoms with Gasteiger partial charge in [0, 0.05) is 19.7 Å². The van der Waals surface area contributed by atoms with Crippen LogP contribution in [-0.4, -0.2) is 45.9 Å². The largest absolute Gasteiger partial charge is 0.496 e. The second-order valence-electron chi connectivity index (χ2n) is 6.27. The average molecular weight is 333 g/mol. The van der Waals surface area contributed by atoms with Crippen molar-refractivity contribution in [3.63, 3.8) is 0 Å². The molecule has 1 aromatic carbocycles. The van der Waals surface area contributed by atoms with E-state index in [1.807, 2.05) is 6.07 Å². The van der Waals surface area contributed by atoms with E-state index in [0.717, 1.165) is 43.7 Å². The molecule has 5 nitrogen and oxygen atoms in total. The van der Waals surface area contributed by atoms with Crippen LogP contribution in [0.3, 0.4) is 0 Å². The van der Waals surface area contributed by atoms with Gasteiger partial charge in [0.2, 0.25) is 0 Å². The summed E-state index contributed by atoms with van der Waals surface area (Å²) in [7, 11) is 1.72. The number of ether oxygens (including phenoxy) is 2. The van der Waals surface area contributed by atoms with Crippen LogP contribution in [0.2, 0.25) is 0 Å². The van der Waals surface area contributed by atoms with Crippen LogP contribution < -0.4 is 15.4 Å². The molecule has 1 saturated carbocycles. The fraction of sp³-hybridized carbons (Fsp3) is 0.632. The Kier molecular flexibility index (Phi) is 7.89. The number of hydrogen-bond acceptors (Lipinski definition) is 3. The number of aliphatic imine (C=N–C) groups is 1. The molecule has 0 aromatic heterocycles. The number of benzene rings is 1. The molecule has 0 spiro atoms. The van der Waals surface area contributed by atoms with E-state index in [1.165, 1.54) is 24.0 Å². The highest BCUT2D eigenvalue weighted by Gasteiger charge is 2.20. The van der Waals surface area contributed by atoms with E-state index in [-0.39, 0.29) is 0 Å². The van der Waals surface area contributed by atoms with Crippen LogP contribution in [0, 0.1) is 12.8 Å². The van der Waals surface area contributed by atoms with Crippen molar-refractivity contribution in [3.8, 4) is 5.75 Å². The smallest absolute Gasteiger partial charge is 0.191 e. The molecule has 0 radical (unpaired) electrons. The maximum absolute atomic E-state index is 5.62. The van der Waals surface area contributed by atoms with Gasteiger partial charge in [-0.15, -0.1) is 0 Å². The van der Waals surface area contributed by atoms with Gasteiger partial charge in [-0.05, 0) is 50.7 Å². The summed E-state index contributed by atoms with van der Waals surface area (Å²) in [4.78, 5) is 4.56. The van der Waals surface area contributed by atoms with Gasteiger partial charge in [-0.25, -0.2) is 0 Å². The molecular weight excluding hydrogens is 302 g/mol. The average Bonchev–Trinajstić information content (AvgIpc) is 3.39. The summed E-state index contributed by atoms with van der Waals surface area (Å²) >= 11 is 0. The van der Waals surface area contributed by atoms with Crippen molar-refractivity contribution < 1.29 is 9.47 Å². The number of nitrogens with one attached hydrogen (secondary N) is 2. The SMILES string of the molecule is CCNC(=NCCOCC1CC1)NCCc1cc(C)ccc1OC. The molecule has 0 bridgehead atoms. The first-order chi connectivity index (χ1) is 11.7. The summed E-state index contributed by atoms with van der Waals surface area (Å²) in [6.45, 7) is 8.12. The molecule has 1 aromatic rings. The first kappa shape index (κ1) is 18.6. The molecule has 0 heterocycles. The normalized spacial score (nSPS) is 14.5. The van der Waals surface area contributed by atoms with Crippen LogP contribution in [0.4, 0.5) is 0 Å². The van der Waals surface area contributed by atoms with Crippen molar-refractivity contribution >= 4 is 5.96 Å². The van der Waals surface area contributed by atoms with Crippen molar-refractivity contribution in [2.75, 3.05) is 40.0 Å². The summed E-state index contributed by atoms with van der Waals surface area (Å²) in [5.74, 6) is 2.60. The monoisotopic (exact) mass is 333 g/mol. The van der Waals surface area contributed by atoms with Gasteiger partial charge in [0.1, 0.15) is 5.75 Å². The summed E-state index contributed by atoms with van der Waals surface area (Å²) in [5.41, 5.74) is 2.47. The molecule has 0 unspecified atom stereocenters. The van der Waals surface area contributed by atoms with E-state index in [4.69, 9.17) is 9.47 Å². The highest BCUT2D eigenvalue weighted by atomic mass is 16.5. The molecule has 2 rings (SSSR count). The lowest BCUT2D eigenvalue weighted by molar-refractivity contribution is 0.131. The van der Waals surface area contributed by atoms with Crippen molar-refractivity contribution in [2.45, 2.75) is 33.1 Å². The van der Waals surface area contributed by atoms with Gasteiger partial charge < -0.3 is 20.1 Å². The van der Waals surface area contributed by atoms with Crippen LogP contribution in [0.25, 0.3) is 0 Å². The Balaban J connectivity index is 1.74. The van der Waals surface area contributed by atoms with Crippen molar-refractivity contribution in [1.29, 1.82) is 0 Å². The molecule has 0 atom stereocenters. The fourth-order valence-electron chi connectivity index (χ4n) is 2.52. The number of guanidine groups is 1. The minimum absolute atomic E-state index is 0.690. The lowest BCUT2D eigenvalue weighted by Crippen LogP contribution is -2.38. The Morgan fingerprint density at radius 2 is 2.12 bits per heavy atom. The van der Waals surface area contributed by atoms with Gasteiger partial charge in [0.25, 0.3) is 0 Å². The zero-order chi connectivity index (χ0) is 17.2. The van der Waals surface area contributed by atoms with E-state index in [0.29, 0.717) is 13.2 Å². The van der Waals surface area contributed by atoms with Crippen LogP contribution >= 0.6 is 0 Å². The lowest BCUT2D eigenvalue weighted by atomic mass is 10.1. The number of rotatable bonds is 10. The Hall–Kier alpha value is -1.75. The predicted molar refractivity (Wildman–Crippen MR) is 99.0 cm³/mol. The first-order valence-electron chi connectivity index (χ1n) is 8.96. The van der Waals surface area contributed by atoms with Crippen LogP contribution in [0.5, 0.6) is 5.75 Å². The molecule has 2 N–H and O–H groups in total. The van der Waals surface area contributed by atoms with Gasteiger partial charge >= 0.3 is 0 Å². The van der Waals surface area contributed by atoms with E-state index in [9.17, 15) is 0 Å². The highest BCUT2D eigenvalue weighted by molar-refractivity contribution is 5.79. The Labute approximate surface area is 145 Å². The zero-order valence-corrected chi connectivity index (χ0v) is 15.2. The Morgan fingerprint density at radius 1 is 1.29 bits per heavy atom. The number of methoxy groups -OCH3 is 1. The molecule has 0 amide bonds. The molecule has 24 heavy (non-hydrogen) atoms. The number of hydrogen-bond donors (Lipinski definition) is 2. The van der Waals surface area contributed by atoms with Crippen LogP contribution in [0.15, 0.2) is 23.2 Å². The first-order valence-corrected chi connectivity index (χ1v) is 8.96. The third kappa shape index (κ3) is 6.79. The number of aryl methyl sites for hydroxylation is 1. The standard InChI is InChI=1S/C19H31N3O2/c1-4-20-19(22-11-12-24-14-16-6-7-16)21-10-9-17-13-15(2)5-8-18(17)23-3/h5,8,13,16H,4,6-7,9-12,14H2,1-3H3,(H2,20,21,22). The third-order valence-electron chi connectivity index (χ3n) is 4.02. The van der Waals surface area contributed by atoms with Gasteiger partial charge in [-0.1, -0.05) is 17.7 Å². The van der Waals surface area contributed by atoms with Crippen molar-refractivity contribution in [3.05, 3.63) is 29.3 Å². The fourth-order valence-corrected chi connectivity index (χ4v) is 2.52. The number of nitrogens with zero attached hydrogens (tertiary/aromatic N) is 1. The van der Waals surface area contributed by atoms with Crippen molar-refractivity contribution in [1.82, 2.24) is 10.6 Å². The molecule has 1 fully saturated rings. The molecule has 0 saturated heterocycles. The van der Waals surface area contributed by atoms with E-state index in [1.54, 1.807) is 7.11 Å². The predicted octanol–water partition coefficient (Wildman–Crippen LogP) is 2.53. The molecule has 0 aliphatic heterocycles.